The van der Waals surface area contributed by atoms with Crippen LogP contribution in [0.5, 0.6) is 0 Å². The minimum Gasteiger partial charge on any atom is -0.321 e. The summed E-state index contributed by atoms with van der Waals surface area (Å²) >= 11 is 6.35. The molecule has 0 amide bonds. The van der Waals surface area contributed by atoms with Gasteiger partial charge in [-0.15, -0.1) is 0 Å². The lowest BCUT2D eigenvalue weighted by molar-refractivity contribution is 0.574. The van der Waals surface area contributed by atoms with Crippen LogP contribution < -0.4 is 16.0 Å². The summed E-state index contributed by atoms with van der Waals surface area (Å²) in [5.41, 5.74) is 0.346. The van der Waals surface area contributed by atoms with E-state index in [0.29, 0.717) is 22.5 Å². The number of aryl methyl sites for hydroxylation is 1. The molecule has 5 rings (SSSR count). The zero-order valence-electron chi connectivity index (χ0n) is 18.6. The SMILES string of the molecule is CCc1cc2c(cc1Cl)nc1c(=O)[nH]c(=O)nc-1n2CCNS(=O)(=O)c1ccc2ccccc2c1. The molecule has 2 heterocycles. The number of H-pyrrole nitrogens is 1. The van der Waals surface area contributed by atoms with E-state index in [1.807, 2.05) is 37.3 Å². The molecule has 0 unspecified atom stereocenters. The van der Waals surface area contributed by atoms with Crippen molar-refractivity contribution in [1.82, 2.24) is 24.2 Å². The van der Waals surface area contributed by atoms with E-state index in [1.165, 1.54) is 0 Å². The van der Waals surface area contributed by atoms with E-state index in [0.717, 1.165) is 16.3 Å². The van der Waals surface area contributed by atoms with E-state index in [9.17, 15) is 18.0 Å². The van der Waals surface area contributed by atoms with E-state index in [2.05, 4.69) is 19.7 Å². The van der Waals surface area contributed by atoms with E-state index in [1.54, 1.807) is 28.8 Å². The van der Waals surface area contributed by atoms with Crippen LogP contribution in [0.15, 0.2) is 69.1 Å². The Morgan fingerprint density at radius 3 is 2.57 bits per heavy atom. The largest absolute Gasteiger partial charge is 0.349 e. The summed E-state index contributed by atoms with van der Waals surface area (Å²) in [5, 5.41) is 2.25. The molecular weight excluding hydrogens is 490 g/mol. The van der Waals surface area contributed by atoms with Gasteiger partial charge in [-0.1, -0.05) is 48.9 Å². The van der Waals surface area contributed by atoms with E-state index < -0.39 is 21.3 Å². The molecule has 35 heavy (non-hydrogen) atoms. The van der Waals surface area contributed by atoms with Crippen molar-refractivity contribution in [1.29, 1.82) is 0 Å². The van der Waals surface area contributed by atoms with E-state index in [-0.39, 0.29) is 29.5 Å². The normalized spacial score (nSPS) is 12.1. The molecule has 3 aromatic carbocycles. The number of aromatic amines is 1. The topological polar surface area (TPSA) is 127 Å². The lowest BCUT2D eigenvalue weighted by Crippen LogP contribution is -2.31. The summed E-state index contributed by atoms with van der Waals surface area (Å²) in [5.74, 6) is 0.0699. The van der Waals surface area contributed by atoms with Gasteiger partial charge in [-0.3, -0.25) is 9.78 Å². The molecule has 0 fully saturated rings. The van der Waals surface area contributed by atoms with Crippen molar-refractivity contribution in [3.63, 3.8) is 0 Å². The Morgan fingerprint density at radius 1 is 1.03 bits per heavy atom. The molecule has 178 valence electrons. The zero-order valence-corrected chi connectivity index (χ0v) is 20.2. The van der Waals surface area contributed by atoms with Crippen LogP contribution >= 0.6 is 11.6 Å². The summed E-state index contributed by atoms with van der Waals surface area (Å²) < 4.78 is 30.2. The fourth-order valence-corrected chi connectivity index (χ4v) is 5.41. The van der Waals surface area contributed by atoms with Crippen molar-refractivity contribution < 1.29 is 8.42 Å². The number of fused-ring (bicyclic) bond motifs is 3. The maximum Gasteiger partial charge on any atom is 0.349 e. The Balaban J connectivity index is 1.54. The molecule has 0 aliphatic carbocycles. The lowest BCUT2D eigenvalue weighted by Gasteiger charge is -2.18. The highest BCUT2D eigenvalue weighted by Gasteiger charge is 2.21. The number of hydrogen-bond donors (Lipinski definition) is 2. The Morgan fingerprint density at radius 2 is 1.80 bits per heavy atom. The molecule has 0 atom stereocenters. The summed E-state index contributed by atoms with van der Waals surface area (Å²) in [7, 11) is -3.81. The first kappa shape index (κ1) is 23.2. The Hall–Kier alpha value is -3.60. The second kappa shape index (κ2) is 8.88. The van der Waals surface area contributed by atoms with Crippen LogP contribution in [0.2, 0.25) is 5.02 Å². The molecule has 2 aliphatic heterocycles. The van der Waals surface area contributed by atoms with Gasteiger partial charge in [-0.05, 0) is 47.0 Å². The van der Waals surface area contributed by atoms with Crippen molar-refractivity contribution in [2.45, 2.75) is 24.8 Å². The molecule has 2 N–H and O–H groups in total. The van der Waals surface area contributed by atoms with E-state index >= 15 is 0 Å². The van der Waals surface area contributed by atoms with Crippen LogP contribution in [0.3, 0.4) is 0 Å². The third kappa shape index (κ3) is 4.31. The third-order valence-electron chi connectivity index (χ3n) is 5.82. The minimum atomic E-state index is -3.81. The Kier molecular flexibility index (Phi) is 5.87. The van der Waals surface area contributed by atoms with Crippen molar-refractivity contribution in [2.75, 3.05) is 6.54 Å². The molecule has 3 aromatic rings. The van der Waals surface area contributed by atoms with Crippen LogP contribution in [0.1, 0.15) is 12.5 Å². The van der Waals surface area contributed by atoms with Gasteiger partial charge >= 0.3 is 5.69 Å². The minimum absolute atomic E-state index is 0.0131. The highest BCUT2D eigenvalue weighted by molar-refractivity contribution is 7.89. The van der Waals surface area contributed by atoms with Crippen molar-refractivity contribution in [2.24, 2.45) is 0 Å². The van der Waals surface area contributed by atoms with Gasteiger partial charge in [0, 0.05) is 18.1 Å². The number of nitrogens with one attached hydrogen (secondary N) is 2. The second-order valence-corrected chi connectivity index (χ2v) is 10.2. The van der Waals surface area contributed by atoms with Crippen LogP contribution in [-0.4, -0.2) is 34.5 Å². The smallest absolute Gasteiger partial charge is 0.321 e. The molecular formula is C24H20ClN5O4S. The quantitative estimate of drug-likeness (QED) is 0.339. The number of hydrogen-bond acceptors (Lipinski definition) is 6. The monoisotopic (exact) mass is 509 g/mol. The van der Waals surface area contributed by atoms with Crippen LogP contribution in [0, 0.1) is 0 Å². The maximum atomic E-state index is 13.0. The fraction of sp³-hybridized carbons (Fsp3) is 0.167. The third-order valence-corrected chi connectivity index (χ3v) is 7.63. The Bertz CT molecular complexity index is 1800. The molecule has 0 saturated carbocycles. The number of aromatic nitrogens is 4. The van der Waals surface area contributed by atoms with Gasteiger partial charge in [0.15, 0.2) is 11.5 Å². The van der Waals surface area contributed by atoms with Gasteiger partial charge < -0.3 is 4.57 Å². The molecule has 0 radical (unpaired) electrons. The summed E-state index contributed by atoms with van der Waals surface area (Å²) in [6.45, 7) is 2.03. The van der Waals surface area contributed by atoms with Crippen molar-refractivity contribution in [3.05, 3.63) is 86.0 Å². The molecule has 0 bridgehead atoms. The maximum absolute atomic E-state index is 13.0. The van der Waals surface area contributed by atoms with Crippen LogP contribution in [0.4, 0.5) is 0 Å². The number of sulfonamides is 1. The first-order valence-electron chi connectivity index (χ1n) is 10.9. The van der Waals surface area contributed by atoms with Gasteiger partial charge in [-0.2, -0.15) is 4.98 Å². The predicted octanol–water partition coefficient (Wildman–Crippen LogP) is 2.93. The Labute approximate surface area is 204 Å². The highest BCUT2D eigenvalue weighted by atomic mass is 35.5. The second-order valence-electron chi connectivity index (χ2n) is 8.00. The first-order chi connectivity index (χ1) is 16.8. The average molecular weight is 510 g/mol. The standard InChI is InChI=1S/C24H20ClN5O4S/c1-2-14-12-20-19(13-18(14)25)27-21-22(28-24(32)29-23(21)31)30(20)10-9-26-35(33,34)17-8-7-15-5-3-4-6-16(15)11-17/h3-8,11-13,26H,2,9-10H2,1H3,(H,29,31,32). The molecule has 0 saturated heterocycles. The molecule has 2 aliphatic rings. The van der Waals surface area contributed by atoms with Gasteiger partial charge in [0.2, 0.25) is 10.0 Å². The summed E-state index contributed by atoms with van der Waals surface area (Å²) in [6.07, 6.45) is 0.650. The fourth-order valence-electron chi connectivity index (χ4n) is 4.07. The first-order valence-corrected chi connectivity index (χ1v) is 12.7. The molecule has 9 nitrogen and oxygen atoms in total. The molecule has 11 heteroatoms. The van der Waals surface area contributed by atoms with Gasteiger partial charge in [0.05, 0.1) is 15.9 Å². The summed E-state index contributed by atoms with van der Waals surface area (Å²) in [4.78, 5) is 34.9. The van der Waals surface area contributed by atoms with Crippen LogP contribution in [0.25, 0.3) is 33.3 Å². The number of nitrogens with zero attached hydrogens (tertiary/aromatic N) is 3. The van der Waals surface area contributed by atoms with E-state index in [4.69, 9.17) is 11.6 Å². The van der Waals surface area contributed by atoms with Crippen molar-refractivity contribution in [3.8, 4) is 11.5 Å². The van der Waals surface area contributed by atoms with Gasteiger partial charge in [0.1, 0.15) is 0 Å². The van der Waals surface area contributed by atoms with Gasteiger partial charge in [0.25, 0.3) is 5.56 Å². The van der Waals surface area contributed by atoms with Crippen LogP contribution in [-0.2, 0) is 23.0 Å². The zero-order chi connectivity index (χ0) is 24.7. The molecule has 0 spiro atoms. The summed E-state index contributed by atoms with van der Waals surface area (Å²) in [6, 6.07) is 15.9. The number of benzene rings is 3. The highest BCUT2D eigenvalue weighted by Crippen LogP contribution is 2.27. The predicted molar refractivity (Wildman–Crippen MR) is 135 cm³/mol. The number of halogens is 1. The number of rotatable bonds is 6. The van der Waals surface area contributed by atoms with Crippen molar-refractivity contribution >= 4 is 43.4 Å². The average Bonchev–Trinajstić information content (AvgIpc) is 2.83. The molecule has 0 aromatic heterocycles. The van der Waals surface area contributed by atoms with Gasteiger partial charge in [-0.25, -0.2) is 22.9 Å². The lowest BCUT2D eigenvalue weighted by atomic mass is 10.1.